The minimum atomic E-state index is -2.91. The number of hydrogen-bond acceptors (Lipinski definition) is 5. The zero-order chi connectivity index (χ0) is 18.6. The van der Waals surface area contributed by atoms with Crippen LogP contribution in [0.1, 0.15) is 46.9 Å². The molecule has 0 saturated heterocycles. The number of thiazole rings is 1. The van der Waals surface area contributed by atoms with Crippen LogP contribution in [0, 0.1) is 0 Å². The van der Waals surface area contributed by atoms with E-state index in [1.807, 2.05) is 19.1 Å². The Bertz CT molecular complexity index is 832. The smallest absolute Gasteiger partial charge is 0.150 e. The van der Waals surface area contributed by atoms with E-state index in [0.717, 1.165) is 41.5 Å². The molecular formula is C19H25ClN2O2S2. The molecule has 0 bridgehead atoms. The second kappa shape index (κ2) is 8.83. The maximum atomic E-state index is 11.9. The molecule has 1 aliphatic heterocycles. The van der Waals surface area contributed by atoms with Crippen molar-refractivity contribution in [3.8, 4) is 0 Å². The highest BCUT2D eigenvalue weighted by Crippen LogP contribution is 2.30. The van der Waals surface area contributed by atoms with E-state index in [1.54, 1.807) is 11.3 Å². The van der Waals surface area contributed by atoms with Gasteiger partial charge in [-0.25, -0.2) is 13.4 Å². The van der Waals surface area contributed by atoms with Crippen LogP contribution in [0.5, 0.6) is 0 Å². The van der Waals surface area contributed by atoms with Crippen molar-refractivity contribution in [1.82, 2.24) is 10.3 Å². The van der Waals surface area contributed by atoms with Crippen molar-refractivity contribution >= 4 is 32.8 Å². The predicted octanol–water partition coefficient (Wildman–Crippen LogP) is 3.98. The van der Waals surface area contributed by atoms with Crippen molar-refractivity contribution in [3.05, 3.63) is 50.4 Å². The standard InChI is InChI=1S/C19H25ClN2O2S2/c1-2-11-26(23,24)12-3-4-18-22-19-16(21-10-9-17(19)25-18)13-14-5-7-15(20)8-6-14/h5-8,16,21H,2-4,9-13H2,1H3. The first-order valence-corrected chi connectivity index (χ1v) is 12.1. The lowest BCUT2D eigenvalue weighted by atomic mass is 9.99. The summed E-state index contributed by atoms with van der Waals surface area (Å²) in [6, 6.07) is 8.18. The van der Waals surface area contributed by atoms with Crippen LogP contribution in [-0.4, -0.2) is 31.5 Å². The summed E-state index contributed by atoms with van der Waals surface area (Å²) in [5, 5.41) is 5.38. The van der Waals surface area contributed by atoms with Crippen molar-refractivity contribution in [1.29, 1.82) is 0 Å². The number of sulfone groups is 1. The number of fused-ring (bicyclic) bond motifs is 1. The van der Waals surface area contributed by atoms with Gasteiger partial charge < -0.3 is 5.32 Å². The van der Waals surface area contributed by atoms with Gasteiger partial charge in [0.05, 0.1) is 22.5 Å². The number of aryl methyl sites for hydroxylation is 1. The Hall–Kier alpha value is -0.950. The molecule has 1 aromatic carbocycles. The quantitative estimate of drug-likeness (QED) is 0.712. The number of rotatable bonds is 8. The van der Waals surface area contributed by atoms with Gasteiger partial charge in [0.2, 0.25) is 0 Å². The minimum absolute atomic E-state index is 0.216. The van der Waals surface area contributed by atoms with E-state index in [-0.39, 0.29) is 17.5 Å². The zero-order valence-corrected chi connectivity index (χ0v) is 17.4. The molecule has 4 nitrogen and oxygen atoms in total. The third-order valence-corrected chi connectivity index (χ3v) is 7.94. The van der Waals surface area contributed by atoms with Crippen LogP contribution in [0.15, 0.2) is 24.3 Å². The van der Waals surface area contributed by atoms with Gasteiger partial charge in [-0.2, -0.15) is 0 Å². The number of aromatic nitrogens is 1. The zero-order valence-electron chi connectivity index (χ0n) is 15.0. The van der Waals surface area contributed by atoms with Crippen LogP contribution >= 0.6 is 22.9 Å². The van der Waals surface area contributed by atoms with Crippen molar-refractivity contribution in [2.75, 3.05) is 18.1 Å². The van der Waals surface area contributed by atoms with Gasteiger partial charge in [0, 0.05) is 28.6 Å². The third kappa shape index (κ3) is 5.28. The van der Waals surface area contributed by atoms with Crippen LogP contribution in [0.2, 0.25) is 5.02 Å². The summed E-state index contributed by atoms with van der Waals surface area (Å²) in [5.74, 6) is 0.548. The minimum Gasteiger partial charge on any atom is -0.308 e. The molecule has 0 saturated carbocycles. The van der Waals surface area contributed by atoms with Crippen LogP contribution < -0.4 is 5.32 Å². The van der Waals surface area contributed by atoms with Crippen molar-refractivity contribution < 1.29 is 8.42 Å². The molecular weight excluding hydrogens is 388 g/mol. The highest BCUT2D eigenvalue weighted by Gasteiger charge is 2.24. The lowest BCUT2D eigenvalue weighted by Crippen LogP contribution is -2.30. The Balaban J connectivity index is 1.64. The fraction of sp³-hybridized carbons (Fsp3) is 0.526. The summed E-state index contributed by atoms with van der Waals surface area (Å²) >= 11 is 7.72. The first-order valence-electron chi connectivity index (χ1n) is 9.13. The number of nitrogens with one attached hydrogen (secondary N) is 1. The van der Waals surface area contributed by atoms with Gasteiger partial charge >= 0.3 is 0 Å². The van der Waals surface area contributed by atoms with Crippen LogP contribution in [0.4, 0.5) is 0 Å². The molecule has 0 fully saturated rings. The average molecular weight is 413 g/mol. The molecule has 142 valence electrons. The molecule has 1 atom stereocenters. The van der Waals surface area contributed by atoms with Crippen molar-refractivity contribution in [2.24, 2.45) is 0 Å². The summed E-state index contributed by atoms with van der Waals surface area (Å²) < 4.78 is 23.7. The summed E-state index contributed by atoms with van der Waals surface area (Å²) in [7, 11) is -2.91. The molecule has 0 spiro atoms. The molecule has 0 amide bonds. The van der Waals surface area contributed by atoms with Crippen molar-refractivity contribution in [3.63, 3.8) is 0 Å². The Morgan fingerprint density at radius 3 is 2.77 bits per heavy atom. The van der Waals surface area contributed by atoms with Gasteiger partial charge in [-0.1, -0.05) is 30.7 Å². The van der Waals surface area contributed by atoms with Gasteiger partial charge in [-0.05, 0) is 43.4 Å². The van der Waals surface area contributed by atoms with Gasteiger partial charge in [-0.15, -0.1) is 11.3 Å². The topological polar surface area (TPSA) is 59.1 Å². The molecule has 1 unspecified atom stereocenters. The number of nitrogens with zero attached hydrogens (tertiary/aromatic N) is 1. The van der Waals surface area contributed by atoms with E-state index in [4.69, 9.17) is 16.6 Å². The summed E-state index contributed by atoms with van der Waals surface area (Å²) in [4.78, 5) is 6.19. The maximum Gasteiger partial charge on any atom is 0.150 e. The SMILES string of the molecule is CCCS(=O)(=O)CCCc1nc2c(s1)CCNC2Cc1ccc(Cl)cc1. The maximum absolute atomic E-state index is 11.9. The molecule has 0 radical (unpaired) electrons. The molecule has 3 rings (SSSR count). The van der Waals surface area contributed by atoms with Crippen molar-refractivity contribution in [2.45, 2.75) is 45.1 Å². The summed E-state index contributed by atoms with van der Waals surface area (Å²) in [6.45, 7) is 2.86. The first kappa shape index (κ1) is 19.8. The summed E-state index contributed by atoms with van der Waals surface area (Å²) in [5.41, 5.74) is 2.38. The van der Waals surface area contributed by atoms with E-state index in [1.165, 1.54) is 10.4 Å². The van der Waals surface area contributed by atoms with E-state index in [2.05, 4.69) is 17.4 Å². The lowest BCUT2D eigenvalue weighted by molar-refractivity contribution is 0.495. The number of hydrogen-bond donors (Lipinski definition) is 1. The summed E-state index contributed by atoms with van der Waals surface area (Å²) in [6.07, 6.45) is 3.97. The van der Waals surface area contributed by atoms with Crippen LogP contribution in [0.25, 0.3) is 0 Å². The highest BCUT2D eigenvalue weighted by atomic mass is 35.5. The molecule has 2 aromatic rings. The van der Waals surface area contributed by atoms with E-state index < -0.39 is 9.84 Å². The fourth-order valence-corrected chi connectivity index (χ4v) is 6.02. The Morgan fingerprint density at radius 1 is 1.27 bits per heavy atom. The molecule has 1 aliphatic rings. The predicted molar refractivity (Wildman–Crippen MR) is 109 cm³/mol. The third-order valence-electron chi connectivity index (χ3n) is 4.56. The van der Waals surface area contributed by atoms with Gasteiger partial charge in [0.15, 0.2) is 0 Å². The van der Waals surface area contributed by atoms with Gasteiger partial charge in [0.25, 0.3) is 0 Å². The lowest BCUT2D eigenvalue weighted by Gasteiger charge is -2.23. The molecule has 7 heteroatoms. The Labute approximate surface area is 164 Å². The average Bonchev–Trinajstić information content (AvgIpc) is 3.00. The Kier molecular flexibility index (Phi) is 6.72. The molecule has 26 heavy (non-hydrogen) atoms. The van der Waals surface area contributed by atoms with E-state index in [0.29, 0.717) is 12.8 Å². The second-order valence-electron chi connectivity index (χ2n) is 6.76. The fourth-order valence-electron chi connectivity index (χ4n) is 3.31. The van der Waals surface area contributed by atoms with E-state index in [9.17, 15) is 8.42 Å². The van der Waals surface area contributed by atoms with Gasteiger partial charge in [0.1, 0.15) is 9.84 Å². The monoisotopic (exact) mass is 412 g/mol. The highest BCUT2D eigenvalue weighted by molar-refractivity contribution is 7.91. The Morgan fingerprint density at radius 2 is 2.04 bits per heavy atom. The van der Waals surface area contributed by atoms with Crippen LogP contribution in [0.3, 0.4) is 0 Å². The normalized spacial score (nSPS) is 17.2. The first-order chi connectivity index (χ1) is 12.5. The molecule has 1 N–H and O–H groups in total. The molecule has 1 aromatic heterocycles. The van der Waals surface area contributed by atoms with Crippen LogP contribution in [-0.2, 0) is 29.1 Å². The molecule has 0 aliphatic carbocycles. The second-order valence-corrected chi connectivity index (χ2v) is 10.7. The largest absolute Gasteiger partial charge is 0.308 e. The number of benzene rings is 1. The molecule has 2 heterocycles. The number of halogens is 1. The van der Waals surface area contributed by atoms with Gasteiger partial charge in [-0.3, -0.25) is 0 Å². The van der Waals surface area contributed by atoms with E-state index >= 15 is 0 Å².